The van der Waals surface area contributed by atoms with Crippen molar-refractivity contribution >= 4 is 39.6 Å². The van der Waals surface area contributed by atoms with Gasteiger partial charge >= 0.3 is 0 Å². The summed E-state index contributed by atoms with van der Waals surface area (Å²) in [5, 5.41) is 5.41. The van der Waals surface area contributed by atoms with E-state index in [1.165, 1.54) is 11.3 Å². The number of thiazole rings is 1. The maximum atomic E-state index is 12.4. The third-order valence-corrected chi connectivity index (χ3v) is 4.61. The summed E-state index contributed by atoms with van der Waals surface area (Å²) in [5.41, 5.74) is 5.96. The monoisotopic (exact) mass is 299 g/mol. The van der Waals surface area contributed by atoms with Crippen LogP contribution in [0.1, 0.15) is 52.1 Å². The summed E-state index contributed by atoms with van der Waals surface area (Å²) < 4.78 is 0. The van der Waals surface area contributed by atoms with Gasteiger partial charge in [-0.05, 0) is 18.8 Å². The summed E-state index contributed by atoms with van der Waals surface area (Å²) in [6.45, 7) is 7.98. The molecule has 0 aliphatic heterocycles. The highest BCUT2D eigenvalue weighted by Crippen LogP contribution is 2.30. The number of nitrogens with zero attached hydrogens (tertiary/aromatic N) is 1. The molecule has 0 spiro atoms. The molecule has 19 heavy (non-hydrogen) atoms. The fourth-order valence-electron chi connectivity index (χ4n) is 1.86. The number of nitrogens with one attached hydrogen (secondary N) is 1. The summed E-state index contributed by atoms with van der Waals surface area (Å²) >= 11 is 6.49. The van der Waals surface area contributed by atoms with E-state index in [2.05, 4.69) is 24.1 Å². The molecule has 0 bridgehead atoms. The van der Waals surface area contributed by atoms with Crippen LogP contribution in [-0.2, 0) is 4.79 Å². The molecule has 1 heterocycles. The van der Waals surface area contributed by atoms with Gasteiger partial charge in [0, 0.05) is 5.38 Å². The van der Waals surface area contributed by atoms with E-state index in [1.54, 1.807) is 0 Å². The molecule has 1 rings (SSSR count). The van der Waals surface area contributed by atoms with Crippen molar-refractivity contribution in [1.82, 2.24) is 4.98 Å². The van der Waals surface area contributed by atoms with Crippen molar-refractivity contribution < 1.29 is 4.79 Å². The molecule has 1 amide bonds. The van der Waals surface area contributed by atoms with Crippen LogP contribution in [0.5, 0.6) is 0 Å². The van der Waals surface area contributed by atoms with E-state index in [4.69, 9.17) is 18.0 Å². The Balaban J connectivity index is 2.90. The molecule has 0 aliphatic rings. The van der Waals surface area contributed by atoms with E-state index >= 15 is 0 Å². The third kappa shape index (κ3) is 3.30. The van der Waals surface area contributed by atoms with Gasteiger partial charge in [0.2, 0.25) is 5.91 Å². The smallest absolute Gasteiger partial charge is 0.239 e. The molecule has 0 radical (unpaired) electrons. The average Bonchev–Trinajstić information content (AvgIpc) is 2.79. The Morgan fingerprint density at radius 2 is 2.11 bits per heavy atom. The van der Waals surface area contributed by atoms with Crippen molar-refractivity contribution in [3.05, 3.63) is 11.1 Å². The minimum atomic E-state index is -0.779. The highest BCUT2D eigenvalue weighted by molar-refractivity contribution is 7.80. The number of hydrogen-bond donors (Lipinski definition) is 2. The van der Waals surface area contributed by atoms with Crippen LogP contribution in [0.25, 0.3) is 0 Å². The quantitative estimate of drug-likeness (QED) is 0.791. The van der Waals surface area contributed by atoms with Crippen LogP contribution < -0.4 is 11.1 Å². The fraction of sp³-hybridized carbons (Fsp3) is 0.615. The van der Waals surface area contributed by atoms with Crippen LogP contribution >= 0.6 is 23.6 Å². The highest BCUT2D eigenvalue weighted by Gasteiger charge is 2.38. The van der Waals surface area contributed by atoms with E-state index < -0.39 is 5.41 Å². The van der Waals surface area contributed by atoms with Crippen molar-refractivity contribution in [1.29, 1.82) is 0 Å². The van der Waals surface area contributed by atoms with Crippen LogP contribution in [0.15, 0.2) is 5.38 Å². The number of aromatic nitrogens is 1. The second-order valence-corrected chi connectivity index (χ2v) is 6.14. The minimum Gasteiger partial charge on any atom is -0.392 e. The average molecular weight is 299 g/mol. The SMILES string of the molecule is CCC(CC)(C(=O)Nc1nc(C(C)C)cs1)C(N)=S. The van der Waals surface area contributed by atoms with Gasteiger partial charge in [-0.15, -0.1) is 11.3 Å². The van der Waals surface area contributed by atoms with E-state index in [-0.39, 0.29) is 10.9 Å². The summed E-state index contributed by atoms with van der Waals surface area (Å²) in [6.07, 6.45) is 1.18. The van der Waals surface area contributed by atoms with Gasteiger partial charge in [0.15, 0.2) is 5.13 Å². The second kappa shape index (κ2) is 6.43. The number of amides is 1. The zero-order valence-electron chi connectivity index (χ0n) is 11.8. The van der Waals surface area contributed by atoms with Crippen molar-refractivity contribution in [2.45, 2.75) is 46.5 Å². The first-order chi connectivity index (χ1) is 8.87. The molecule has 0 aliphatic carbocycles. The lowest BCUT2D eigenvalue weighted by Crippen LogP contribution is -2.45. The van der Waals surface area contributed by atoms with Gasteiger partial charge in [-0.3, -0.25) is 4.79 Å². The molecule has 0 aromatic carbocycles. The van der Waals surface area contributed by atoms with Gasteiger partial charge in [-0.2, -0.15) is 0 Å². The zero-order chi connectivity index (χ0) is 14.6. The molecule has 1 aromatic heterocycles. The molecular formula is C13H21N3OS2. The normalized spacial score (nSPS) is 11.6. The van der Waals surface area contributed by atoms with Crippen molar-refractivity contribution in [2.24, 2.45) is 11.1 Å². The summed E-state index contributed by atoms with van der Waals surface area (Å²) in [6, 6.07) is 0. The number of rotatable bonds is 6. The van der Waals surface area contributed by atoms with Gasteiger partial charge in [0.25, 0.3) is 0 Å². The van der Waals surface area contributed by atoms with Crippen LogP contribution in [0.2, 0.25) is 0 Å². The van der Waals surface area contributed by atoms with E-state index in [0.717, 1.165) is 5.69 Å². The van der Waals surface area contributed by atoms with Gasteiger partial charge in [0.1, 0.15) is 0 Å². The number of carbonyl (C=O) groups is 1. The van der Waals surface area contributed by atoms with Crippen molar-refractivity contribution in [3.8, 4) is 0 Å². The maximum absolute atomic E-state index is 12.4. The number of thiocarbonyl (C=S) groups is 1. The Bertz CT molecular complexity index is 464. The Kier molecular flexibility index (Phi) is 5.43. The molecule has 4 nitrogen and oxygen atoms in total. The number of nitrogens with two attached hydrogens (primary N) is 1. The molecule has 1 aromatic rings. The van der Waals surface area contributed by atoms with Gasteiger partial charge in [-0.25, -0.2) is 4.98 Å². The first-order valence-corrected chi connectivity index (χ1v) is 7.73. The van der Waals surface area contributed by atoms with Crippen LogP contribution in [0.4, 0.5) is 5.13 Å². The maximum Gasteiger partial charge on any atom is 0.239 e. The lowest BCUT2D eigenvalue weighted by atomic mass is 9.81. The Morgan fingerprint density at radius 3 is 2.47 bits per heavy atom. The molecule has 3 N–H and O–H groups in total. The standard InChI is InChI=1S/C13H21N3OS2/c1-5-13(6-2,10(14)18)11(17)16-12-15-9(7-19-12)8(3)4/h7-8H,5-6H2,1-4H3,(H2,14,18)(H,15,16,17). The molecule has 106 valence electrons. The summed E-state index contributed by atoms with van der Waals surface area (Å²) in [7, 11) is 0. The van der Waals surface area contributed by atoms with Gasteiger partial charge < -0.3 is 11.1 Å². The second-order valence-electron chi connectivity index (χ2n) is 4.84. The molecule has 0 fully saturated rings. The fourth-order valence-corrected chi connectivity index (χ4v) is 3.11. The van der Waals surface area contributed by atoms with E-state index in [9.17, 15) is 4.79 Å². The number of anilines is 1. The van der Waals surface area contributed by atoms with Gasteiger partial charge in [-0.1, -0.05) is 39.9 Å². The Hall–Kier alpha value is -1.01. The number of hydrogen-bond acceptors (Lipinski definition) is 4. The van der Waals surface area contributed by atoms with Gasteiger partial charge in [0.05, 0.1) is 16.1 Å². The lowest BCUT2D eigenvalue weighted by Gasteiger charge is -2.28. The minimum absolute atomic E-state index is 0.158. The Morgan fingerprint density at radius 1 is 1.53 bits per heavy atom. The first-order valence-electron chi connectivity index (χ1n) is 6.44. The molecule has 0 saturated carbocycles. The lowest BCUT2D eigenvalue weighted by molar-refractivity contribution is -0.122. The summed E-state index contributed by atoms with van der Waals surface area (Å²) in [4.78, 5) is 17.0. The molecule has 0 atom stereocenters. The highest BCUT2D eigenvalue weighted by atomic mass is 32.1. The first kappa shape index (κ1) is 16.0. The van der Waals surface area contributed by atoms with E-state index in [1.807, 2.05) is 19.2 Å². The third-order valence-electron chi connectivity index (χ3n) is 3.45. The predicted octanol–water partition coefficient (Wildman–Crippen LogP) is 3.30. The number of carbonyl (C=O) groups excluding carboxylic acids is 1. The molecule has 6 heteroatoms. The van der Waals surface area contributed by atoms with E-state index in [0.29, 0.717) is 23.9 Å². The topological polar surface area (TPSA) is 68.0 Å². The Labute approximate surface area is 123 Å². The van der Waals surface area contributed by atoms with Crippen LogP contribution in [0, 0.1) is 5.41 Å². The largest absolute Gasteiger partial charge is 0.392 e. The van der Waals surface area contributed by atoms with Crippen LogP contribution in [0.3, 0.4) is 0 Å². The van der Waals surface area contributed by atoms with Crippen molar-refractivity contribution in [3.63, 3.8) is 0 Å². The van der Waals surface area contributed by atoms with Crippen molar-refractivity contribution in [2.75, 3.05) is 5.32 Å². The van der Waals surface area contributed by atoms with Crippen LogP contribution in [-0.4, -0.2) is 15.9 Å². The zero-order valence-corrected chi connectivity index (χ0v) is 13.5. The summed E-state index contributed by atoms with van der Waals surface area (Å²) in [5.74, 6) is 0.189. The predicted molar refractivity (Wildman–Crippen MR) is 84.6 cm³/mol. The molecular weight excluding hydrogens is 278 g/mol. The molecule has 0 unspecified atom stereocenters. The molecule has 0 saturated heterocycles.